The summed E-state index contributed by atoms with van der Waals surface area (Å²) >= 11 is 4.34. The summed E-state index contributed by atoms with van der Waals surface area (Å²) in [6.07, 6.45) is 0. The summed E-state index contributed by atoms with van der Waals surface area (Å²) < 4.78 is 16.4. The topological polar surface area (TPSA) is 53.7 Å². The van der Waals surface area contributed by atoms with Gasteiger partial charge < -0.3 is 19.9 Å². The highest BCUT2D eigenvalue weighted by molar-refractivity contribution is 7.80. The number of ether oxygens (including phenoxy) is 3. The minimum atomic E-state index is 0.435. The molecule has 0 heterocycles. The lowest BCUT2D eigenvalue weighted by Gasteiger charge is -2.17. The van der Waals surface area contributed by atoms with Crippen LogP contribution in [0.15, 0.2) is 11.0 Å². The first-order chi connectivity index (χ1) is 8.15. The number of hydrogen-bond donors (Lipinski definition) is 2. The summed E-state index contributed by atoms with van der Waals surface area (Å²) in [5.41, 5.74) is 6.44. The molecule has 0 fully saturated rings. The summed E-state index contributed by atoms with van der Waals surface area (Å²) in [6.45, 7) is 7.27. The fourth-order valence-corrected chi connectivity index (χ4v) is 1.78. The summed E-state index contributed by atoms with van der Waals surface area (Å²) in [6, 6.07) is 1.76. The third-order valence-corrected chi connectivity index (χ3v) is 2.42. The van der Waals surface area contributed by atoms with Gasteiger partial charge in [-0.1, -0.05) is 0 Å². The molecule has 0 unspecified atom stereocenters. The van der Waals surface area contributed by atoms with Gasteiger partial charge in [0.15, 0.2) is 17.2 Å². The standard InChI is InChI=1S/C12H19NO3S/c1-4-14-8-7-9(17)12(16-6-3)10(13)11(8)15-5-2/h7,17H,4-6,13H2,1-3H3. The molecule has 1 aromatic rings. The lowest BCUT2D eigenvalue weighted by Crippen LogP contribution is -2.05. The average Bonchev–Trinajstić information content (AvgIpc) is 2.30. The highest BCUT2D eigenvalue weighted by Gasteiger charge is 2.17. The van der Waals surface area contributed by atoms with Crippen LogP contribution in [0.1, 0.15) is 20.8 Å². The van der Waals surface area contributed by atoms with E-state index in [-0.39, 0.29) is 0 Å². The maximum Gasteiger partial charge on any atom is 0.188 e. The van der Waals surface area contributed by atoms with Crippen molar-refractivity contribution < 1.29 is 14.2 Å². The van der Waals surface area contributed by atoms with E-state index in [4.69, 9.17) is 19.9 Å². The number of nitrogen functional groups attached to an aromatic ring is 1. The number of benzene rings is 1. The van der Waals surface area contributed by atoms with Crippen LogP contribution in [0.3, 0.4) is 0 Å². The Morgan fingerprint density at radius 1 is 1.00 bits per heavy atom. The molecule has 0 saturated carbocycles. The van der Waals surface area contributed by atoms with Crippen LogP contribution in [-0.2, 0) is 0 Å². The van der Waals surface area contributed by atoms with E-state index in [0.29, 0.717) is 47.7 Å². The Kier molecular flexibility index (Phi) is 5.28. The van der Waals surface area contributed by atoms with E-state index in [0.717, 1.165) is 0 Å². The van der Waals surface area contributed by atoms with Crippen LogP contribution in [0.5, 0.6) is 17.2 Å². The average molecular weight is 257 g/mol. The van der Waals surface area contributed by atoms with Gasteiger partial charge in [0, 0.05) is 6.07 Å². The van der Waals surface area contributed by atoms with Crippen LogP contribution >= 0.6 is 12.6 Å². The molecule has 17 heavy (non-hydrogen) atoms. The SMILES string of the molecule is CCOc1cc(S)c(OCC)c(N)c1OCC. The van der Waals surface area contributed by atoms with Crippen molar-refractivity contribution in [3.05, 3.63) is 6.07 Å². The Morgan fingerprint density at radius 2 is 1.53 bits per heavy atom. The van der Waals surface area contributed by atoms with Crippen molar-refractivity contribution in [2.75, 3.05) is 25.6 Å². The molecule has 0 spiro atoms. The Hall–Kier alpha value is -1.23. The molecule has 4 nitrogen and oxygen atoms in total. The summed E-state index contributed by atoms with van der Waals surface area (Å²) in [4.78, 5) is 0.649. The zero-order valence-electron chi connectivity index (χ0n) is 10.4. The maximum atomic E-state index is 6.01. The van der Waals surface area contributed by atoms with Gasteiger partial charge in [-0.3, -0.25) is 0 Å². The van der Waals surface area contributed by atoms with Gasteiger partial charge in [-0.15, -0.1) is 12.6 Å². The molecular formula is C12H19NO3S. The number of hydrogen-bond acceptors (Lipinski definition) is 5. The van der Waals surface area contributed by atoms with Crippen molar-refractivity contribution in [3.63, 3.8) is 0 Å². The van der Waals surface area contributed by atoms with E-state index >= 15 is 0 Å². The van der Waals surface area contributed by atoms with Crippen molar-refractivity contribution >= 4 is 18.3 Å². The lowest BCUT2D eigenvalue weighted by atomic mass is 10.2. The van der Waals surface area contributed by atoms with Crippen LogP contribution in [-0.4, -0.2) is 19.8 Å². The molecule has 1 aromatic carbocycles. The van der Waals surface area contributed by atoms with Gasteiger partial charge in [-0.25, -0.2) is 0 Å². The fourth-order valence-electron chi connectivity index (χ4n) is 1.48. The molecule has 0 amide bonds. The molecule has 0 atom stereocenters. The second kappa shape index (κ2) is 6.49. The lowest BCUT2D eigenvalue weighted by molar-refractivity contribution is 0.282. The summed E-state index contributed by atoms with van der Waals surface area (Å²) in [5.74, 6) is 1.67. The largest absolute Gasteiger partial charge is 0.490 e. The van der Waals surface area contributed by atoms with Crippen LogP contribution in [0.25, 0.3) is 0 Å². The molecule has 1 rings (SSSR count). The first-order valence-corrected chi connectivity index (χ1v) is 6.14. The molecule has 96 valence electrons. The third-order valence-electron chi connectivity index (χ3n) is 2.09. The van der Waals surface area contributed by atoms with Crippen LogP contribution in [0.2, 0.25) is 0 Å². The van der Waals surface area contributed by atoms with E-state index < -0.39 is 0 Å². The Morgan fingerprint density at radius 3 is 2.06 bits per heavy atom. The molecule has 0 saturated heterocycles. The minimum absolute atomic E-state index is 0.435. The Labute approximate surface area is 107 Å². The molecule has 0 aliphatic rings. The zero-order chi connectivity index (χ0) is 12.8. The van der Waals surface area contributed by atoms with E-state index in [1.54, 1.807) is 6.07 Å². The fraction of sp³-hybridized carbons (Fsp3) is 0.500. The number of rotatable bonds is 6. The van der Waals surface area contributed by atoms with Crippen molar-refractivity contribution in [1.82, 2.24) is 0 Å². The van der Waals surface area contributed by atoms with Crippen LogP contribution < -0.4 is 19.9 Å². The predicted octanol–water partition coefficient (Wildman–Crippen LogP) is 2.75. The molecular weight excluding hydrogens is 238 g/mol. The van der Waals surface area contributed by atoms with Gasteiger partial charge in [0.2, 0.25) is 0 Å². The smallest absolute Gasteiger partial charge is 0.188 e. The molecule has 0 aromatic heterocycles. The maximum absolute atomic E-state index is 6.01. The third kappa shape index (κ3) is 3.12. The van der Waals surface area contributed by atoms with Gasteiger partial charge in [0.25, 0.3) is 0 Å². The highest BCUT2D eigenvalue weighted by Crippen LogP contribution is 2.44. The van der Waals surface area contributed by atoms with Crippen molar-refractivity contribution in [2.45, 2.75) is 25.7 Å². The zero-order valence-corrected chi connectivity index (χ0v) is 11.3. The second-order valence-corrected chi connectivity index (χ2v) is 3.75. The molecule has 0 bridgehead atoms. The van der Waals surface area contributed by atoms with E-state index in [1.807, 2.05) is 20.8 Å². The summed E-state index contributed by atoms with van der Waals surface area (Å²) in [7, 11) is 0. The van der Waals surface area contributed by atoms with E-state index in [2.05, 4.69) is 12.6 Å². The molecule has 2 N–H and O–H groups in total. The van der Waals surface area contributed by atoms with Gasteiger partial charge in [0.1, 0.15) is 5.69 Å². The van der Waals surface area contributed by atoms with Crippen molar-refractivity contribution in [3.8, 4) is 17.2 Å². The number of nitrogens with two attached hydrogens (primary N) is 1. The first kappa shape index (κ1) is 13.8. The van der Waals surface area contributed by atoms with Gasteiger partial charge >= 0.3 is 0 Å². The number of anilines is 1. The molecule has 5 heteroatoms. The Balaban J connectivity index is 3.24. The van der Waals surface area contributed by atoms with Gasteiger partial charge in [0.05, 0.1) is 24.7 Å². The summed E-state index contributed by atoms with van der Waals surface area (Å²) in [5, 5.41) is 0. The first-order valence-electron chi connectivity index (χ1n) is 5.69. The molecule has 0 radical (unpaired) electrons. The minimum Gasteiger partial charge on any atom is -0.490 e. The van der Waals surface area contributed by atoms with Crippen LogP contribution in [0, 0.1) is 0 Å². The number of thiol groups is 1. The van der Waals surface area contributed by atoms with E-state index in [9.17, 15) is 0 Å². The Bertz CT molecular complexity index is 383. The predicted molar refractivity (Wildman–Crippen MR) is 71.6 cm³/mol. The van der Waals surface area contributed by atoms with Crippen LogP contribution in [0.4, 0.5) is 5.69 Å². The second-order valence-electron chi connectivity index (χ2n) is 3.26. The van der Waals surface area contributed by atoms with Crippen molar-refractivity contribution in [1.29, 1.82) is 0 Å². The molecule has 0 aliphatic carbocycles. The molecule has 0 aliphatic heterocycles. The normalized spacial score (nSPS) is 10.1. The highest BCUT2D eigenvalue weighted by atomic mass is 32.1. The van der Waals surface area contributed by atoms with Gasteiger partial charge in [-0.2, -0.15) is 0 Å². The van der Waals surface area contributed by atoms with Crippen molar-refractivity contribution in [2.24, 2.45) is 0 Å². The quantitative estimate of drug-likeness (QED) is 0.608. The van der Waals surface area contributed by atoms with Gasteiger partial charge in [-0.05, 0) is 20.8 Å². The van der Waals surface area contributed by atoms with E-state index in [1.165, 1.54) is 0 Å². The monoisotopic (exact) mass is 257 g/mol.